The highest BCUT2D eigenvalue weighted by atomic mass is 16.5. The van der Waals surface area contributed by atoms with Gasteiger partial charge in [0.2, 0.25) is 5.75 Å². The summed E-state index contributed by atoms with van der Waals surface area (Å²) in [4.78, 5) is 61.1. The zero-order valence-electron chi connectivity index (χ0n) is 34.6. The number of rotatable bonds is 16. The van der Waals surface area contributed by atoms with Gasteiger partial charge in [-0.1, -0.05) is 67.4 Å². The summed E-state index contributed by atoms with van der Waals surface area (Å²) in [6.45, 7) is 21.4. The molecular weight excluding hydrogens is 668 g/mol. The Balaban J connectivity index is 2.58. The first-order valence-electron chi connectivity index (χ1n) is 18.7. The average Bonchev–Trinajstić information content (AvgIpc) is 3.08. The fourth-order valence-electron chi connectivity index (χ4n) is 8.20. The van der Waals surface area contributed by atoms with Crippen molar-refractivity contribution in [2.75, 3.05) is 21.3 Å². The van der Waals surface area contributed by atoms with Crippen LogP contribution in [-0.2, 0) is 19.1 Å². The SMILES string of the molecule is COc1cc(C(=O)OC2=C(CC=C(C)C)C(=O)[C@@]3(C(=O)C(C)C)C(=O)[C@]2(CC=C(C)C)C[C@H](CC=C(C)C)[C@@]3(C)CCC=C(C)C)cc(OC)c1OC. The fourth-order valence-corrected chi connectivity index (χ4v) is 8.20. The summed E-state index contributed by atoms with van der Waals surface area (Å²) in [5.41, 5.74) is -0.0920. The zero-order valence-corrected chi connectivity index (χ0v) is 34.6. The molecule has 0 aliphatic heterocycles. The molecule has 290 valence electrons. The van der Waals surface area contributed by atoms with Crippen molar-refractivity contribution in [1.82, 2.24) is 0 Å². The lowest BCUT2D eigenvalue weighted by Crippen LogP contribution is -2.71. The van der Waals surface area contributed by atoms with Gasteiger partial charge in [-0.3, -0.25) is 14.4 Å². The number of esters is 1. The van der Waals surface area contributed by atoms with Crippen LogP contribution < -0.4 is 14.2 Å². The third kappa shape index (κ3) is 8.17. The van der Waals surface area contributed by atoms with Gasteiger partial charge in [0.1, 0.15) is 5.76 Å². The van der Waals surface area contributed by atoms with E-state index < -0.39 is 39.7 Å². The lowest BCUT2D eigenvalue weighted by atomic mass is 9.38. The fraction of sp³-hybridized carbons (Fsp3) is 0.556. The lowest BCUT2D eigenvalue weighted by Gasteiger charge is -2.61. The maximum Gasteiger partial charge on any atom is 0.343 e. The minimum atomic E-state index is -1.99. The van der Waals surface area contributed by atoms with Crippen LogP contribution in [0.3, 0.4) is 0 Å². The number of methoxy groups -OCH3 is 3. The first-order valence-corrected chi connectivity index (χ1v) is 18.7. The van der Waals surface area contributed by atoms with Crippen molar-refractivity contribution in [3.05, 3.63) is 75.6 Å². The smallest absolute Gasteiger partial charge is 0.343 e. The predicted octanol–water partition coefficient (Wildman–Crippen LogP) is 10.3. The molecule has 2 aliphatic carbocycles. The number of carbonyl (C=O) groups is 4. The lowest BCUT2D eigenvalue weighted by molar-refractivity contribution is -0.180. The molecule has 0 spiro atoms. The van der Waals surface area contributed by atoms with Crippen molar-refractivity contribution in [2.24, 2.45) is 28.1 Å². The molecule has 2 bridgehead atoms. The number of carbonyl (C=O) groups excluding carboxylic acids is 4. The molecule has 1 aromatic rings. The van der Waals surface area contributed by atoms with E-state index in [2.05, 4.69) is 12.2 Å². The summed E-state index contributed by atoms with van der Waals surface area (Å²) in [5.74, 6) is -2.24. The minimum absolute atomic E-state index is 0.0296. The number of ether oxygens (including phenoxy) is 4. The second-order valence-electron chi connectivity index (χ2n) is 16.2. The maximum absolute atomic E-state index is 15.9. The van der Waals surface area contributed by atoms with Gasteiger partial charge in [0.05, 0.1) is 32.3 Å². The van der Waals surface area contributed by atoms with E-state index in [1.807, 2.05) is 74.5 Å². The topological polar surface area (TPSA) is 105 Å². The van der Waals surface area contributed by atoms with Crippen LogP contribution in [0, 0.1) is 28.1 Å². The van der Waals surface area contributed by atoms with Gasteiger partial charge in [-0.2, -0.15) is 0 Å². The van der Waals surface area contributed by atoms with Gasteiger partial charge in [0, 0.05) is 11.5 Å². The van der Waals surface area contributed by atoms with Gasteiger partial charge < -0.3 is 18.9 Å². The summed E-state index contributed by atoms with van der Waals surface area (Å²) in [7, 11) is 4.37. The monoisotopic (exact) mass is 730 g/mol. The molecule has 8 nitrogen and oxygen atoms in total. The number of hydrogen-bond acceptors (Lipinski definition) is 8. The minimum Gasteiger partial charge on any atom is -0.493 e. The predicted molar refractivity (Wildman–Crippen MR) is 210 cm³/mol. The van der Waals surface area contributed by atoms with E-state index in [1.165, 1.54) is 33.5 Å². The average molecular weight is 731 g/mol. The Labute approximate surface area is 317 Å². The van der Waals surface area contributed by atoms with Crippen molar-refractivity contribution in [3.63, 3.8) is 0 Å². The van der Waals surface area contributed by atoms with Crippen molar-refractivity contribution in [3.8, 4) is 17.2 Å². The quantitative estimate of drug-likeness (QED) is 0.0940. The summed E-state index contributed by atoms with van der Waals surface area (Å²) in [5, 5.41) is 0. The molecule has 0 amide bonds. The third-order valence-electron chi connectivity index (χ3n) is 11.0. The maximum atomic E-state index is 15.9. The van der Waals surface area contributed by atoms with E-state index in [1.54, 1.807) is 13.8 Å². The third-order valence-corrected chi connectivity index (χ3v) is 11.0. The standard InChI is InChI=1S/C45H62O8/c1-27(2)16-15-22-43(11)33(19-17-28(3)4)26-44(23-21-30(7)8)40(53-41(48)32-24-35(50-12)37(52-14)36(25-32)51-13)34(20-18-29(5)6)39(47)45(43,42(44)49)38(46)31(9)10/h16-18,21,24-25,31,33H,15,19-20,22-23,26H2,1-14H3/t33-,43+,44+,45-/m0/s1. The van der Waals surface area contributed by atoms with Gasteiger partial charge in [-0.15, -0.1) is 0 Å². The number of hydrogen-bond donors (Lipinski definition) is 0. The Morgan fingerprint density at radius 2 is 1.36 bits per heavy atom. The van der Waals surface area contributed by atoms with Gasteiger partial charge in [0.25, 0.3) is 0 Å². The molecule has 0 radical (unpaired) electrons. The molecule has 3 rings (SSSR count). The molecule has 0 N–H and O–H groups in total. The Morgan fingerprint density at radius 3 is 1.83 bits per heavy atom. The van der Waals surface area contributed by atoms with E-state index >= 15 is 14.4 Å². The molecule has 1 aromatic carbocycles. The first-order chi connectivity index (χ1) is 24.8. The summed E-state index contributed by atoms with van der Waals surface area (Å²) in [6.07, 6.45) is 10.3. The normalized spacial score (nSPS) is 23.6. The summed E-state index contributed by atoms with van der Waals surface area (Å²) < 4.78 is 23.0. The van der Waals surface area contributed by atoms with Crippen LogP contribution in [0.1, 0.15) is 125 Å². The van der Waals surface area contributed by atoms with Gasteiger partial charge in [0.15, 0.2) is 34.3 Å². The van der Waals surface area contributed by atoms with Crippen molar-refractivity contribution < 1.29 is 38.1 Å². The number of allylic oxidation sites excluding steroid dienone is 10. The molecular formula is C45H62O8. The summed E-state index contributed by atoms with van der Waals surface area (Å²) >= 11 is 0. The molecule has 0 unspecified atom stereocenters. The second-order valence-corrected chi connectivity index (χ2v) is 16.2. The number of ketones is 3. The molecule has 0 heterocycles. The van der Waals surface area contributed by atoms with Crippen LogP contribution in [0.15, 0.2) is 70.1 Å². The van der Waals surface area contributed by atoms with E-state index in [9.17, 15) is 4.79 Å². The Hall–Kier alpha value is -4.20. The molecule has 53 heavy (non-hydrogen) atoms. The molecule has 8 heteroatoms. The molecule has 0 saturated heterocycles. The van der Waals surface area contributed by atoms with Crippen LogP contribution in [-0.4, -0.2) is 44.6 Å². The second kappa shape index (κ2) is 17.3. The Morgan fingerprint density at radius 1 is 0.811 bits per heavy atom. The first kappa shape index (κ1) is 43.2. The van der Waals surface area contributed by atoms with Crippen LogP contribution in [0.5, 0.6) is 17.2 Å². The van der Waals surface area contributed by atoms with Gasteiger partial charge >= 0.3 is 5.97 Å². The summed E-state index contributed by atoms with van der Waals surface area (Å²) in [6, 6.07) is 2.97. The Bertz CT molecular complexity index is 1730. The van der Waals surface area contributed by atoms with Crippen molar-refractivity contribution in [1.29, 1.82) is 0 Å². The van der Waals surface area contributed by atoms with Gasteiger partial charge in [-0.05, 0) is 117 Å². The highest BCUT2D eigenvalue weighted by Crippen LogP contribution is 2.68. The Kier molecular flexibility index (Phi) is 14.1. The largest absolute Gasteiger partial charge is 0.493 e. The van der Waals surface area contributed by atoms with E-state index in [0.717, 1.165) is 22.3 Å². The van der Waals surface area contributed by atoms with Crippen molar-refractivity contribution in [2.45, 2.75) is 115 Å². The van der Waals surface area contributed by atoms with E-state index in [4.69, 9.17) is 18.9 Å². The van der Waals surface area contributed by atoms with Crippen LogP contribution >= 0.6 is 0 Å². The molecule has 1 saturated carbocycles. The van der Waals surface area contributed by atoms with Crippen LogP contribution in [0.2, 0.25) is 0 Å². The highest BCUT2D eigenvalue weighted by molar-refractivity contribution is 6.33. The van der Waals surface area contributed by atoms with Gasteiger partial charge in [-0.25, -0.2) is 4.79 Å². The highest BCUT2D eigenvalue weighted by Gasteiger charge is 2.76. The van der Waals surface area contributed by atoms with Crippen molar-refractivity contribution >= 4 is 23.3 Å². The molecule has 1 fully saturated rings. The number of Topliss-reactive ketones (excluding diaryl/α,β-unsaturated/α-hetero) is 3. The number of benzene rings is 1. The van der Waals surface area contributed by atoms with Crippen LogP contribution in [0.4, 0.5) is 0 Å². The zero-order chi connectivity index (χ0) is 40.1. The molecule has 0 aromatic heterocycles. The molecule has 2 aliphatic rings. The molecule has 4 atom stereocenters. The van der Waals surface area contributed by atoms with E-state index in [-0.39, 0.29) is 52.9 Å². The van der Waals surface area contributed by atoms with E-state index in [0.29, 0.717) is 31.4 Å². The number of fused-ring (bicyclic) bond motifs is 2. The van der Waals surface area contributed by atoms with Crippen LogP contribution in [0.25, 0.3) is 0 Å².